The first-order valence-electron chi connectivity index (χ1n) is 6.01. The summed E-state index contributed by atoms with van der Waals surface area (Å²) in [6.45, 7) is 0.785. The van der Waals surface area contributed by atoms with Crippen LogP contribution >= 0.6 is 23.1 Å². The van der Waals surface area contributed by atoms with Crippen LogP contribution in [-0.4, -0.2) is 19.7 Å². The lowest BCUT2D eigenvalue weighted by Gasteiger charge is -2.06. The molecule has 2 heterocycles. The van der Waals surface area contributed by atoms with Gasteiger partial charge in [0.15, 0.2) is 9.50 Å². The molecule has 0 radical (unpaired) electrons. The van der Waals surface area contributed by atoms with Crippen molar-refractivity contribution < 1.29 is 10.7 Å². The molecular weight excluding hydrogens is 292 g/mol. The Balaban J connectivity index is 1.76. The molecule has 102 valence electrons. The molecule has 0 aliphatic heterocycles. The number of aromatic nitrogens is 3. The van der Waals surface area contributed by atoms with Crippen molar-refractivity contribution in [2.24, 2.45) is 0 Å². The molecule has 3 aromatic rings. The summed E-state index contributed by atoms with van der Waals surface area (Å²) in [7, 11) is 0. The van der Waals surface area contributed by atoms with Crippen LogP contribution < -0.4 is 5.48 Å². The number of quaternary nitrogens is 1. The highest BCUT2D eigenvalue weighted by Gasteiger charge is 2.10. The van der Waals surface area contributed by atoms with Crippen LogP contribution in [0.1, 0.15) is 5.56 Å². The van der Waals surface area contributed by atoms with E-state index in [4.69, 9.17) is 5.21 Å². The van der Waals surface area contributed by atoms with Crippen LogP contribution in [-0.2, 0) is 6.54 Å². The molecule has 0 aliphatic rings. The molecule has 0 fully saturated rings. The van der Waals surface area contributed by atoms with E-state index in [0.717, 1.165) is 26.5 Å². The molecule has 0 unspecified atom stereocenters. The zero-order valence-electron chi connectivity index (χ0n) is 10.5. The van der Waals surface area contributed by atoms with E-state index in [1.54, 1.807) is 12.4 Å². The summed E-state index contributed by atoms with van der Waals surface area (Å²) in [4.78, 5) is 8.61. The van der Waals surface area contributed by atoms with E-state index < -0.39 is 0 Å². The molecule has 1 aromatic carbocycles. The Morgan fingerprint density at radius 3 is 2.85 bits per heavy atom. The number of imidazole rings is 1. The minimum absolute atomic E-state index is 0.744. The molecule has 0 saturated heterocycles. The van der Waals surface area contributed by atoms with E-state index >= 15 is 0 Å². The molecular formula is C13H13N4OS2+. The average molecular weight is 305 g/mol. The summed E-state index contributed by atoms with van der Waals surface area (Å²) >= 11 is 2.94. The minimum atomic E-state index is 0.744. The molecule has 5 nitrogen and oxygen atoms in total. The van der Waals surface area contributed by atoms with Crippen molar-refractivity contribution in [1.29, 1.82) is 0 Å². The summed E-state index contributed by atoms with van der Waals surface area (Å²) in [6.07, 6.45) is 5.40. The standard InChI is InChI=1S/C13H12N4OS2/c18-16-11-8-15-13(19-11)20-12-14-6-7-17(12)9-10-4-2-1-3-5-10/h1-8,16,18H,9H2/p+1. The first kappa shape index (κ1) is 13.3. The van der Waals surface area contributed by atoms with E-state index in [0.29, 0.717) is 0 Å². The summed E-state index contributed by atoms with van der Waals surface area (Å²) in [5.74, 6) is 0. The number of nitrogens with zero attached hydrogens (tertiary/aromatic N) is 3. The molecule has 3 N–H and O–H groups in total. The Labute approximate surface area is 124 Å². The number of nitrogens with two attached hydrogens (primary N) is 1. The number of benzene rings is 1. The molecule has 2 aromatic heterocycles. The van der Waals surface area contributed by atoms with Crippen LogP contribution in [0.15, 0.2) is 58.4 Å². The van der Waals surface area contributed by atoms with Crippen molar-refractivity contribution >= 4 is 28.1 Å². The molecule has 3 rings (SSSR count). The predicted molar refractivity (Wildman–Crippen MR) is 77.4 cm³/mol. The van der Waals surface area contributed by atoms with Crippen molar-refractivity contribution in [2.45, 2.75) is 16.0 Å². The second-order valence-electron chi connectivity index (χ2n) is 4.08. The maximum Gasteiger partial charge on any atom is 0.238 e. The SMILES string of the molecule is O[NH2+]c1cnc(Sc2nccn2Cc2ccccc2)s1. The van der Waals surface area contributed by atoms with Crippen LogP contribution in [0.5, 0.6) is 0 Å². The van der Waals surface area contributed by atoms with Gasteiger partial charge in [-0.05, 0) is 28.7 Å². The largest absolute Gasteiger partial charge is 0.321 e. The fourth-order valence-corrected chi connectivity index (χ4v) is 3.52. The summed E-state index contributed by atoms with van der Waals surface area (Å²) < 4.78 is 2.95. The second-order valence-corrected chi connectivity index (χ2v) is 6.36. The smallest absolute Gasteiger partial charge is 0.238 e. The van der Waals surface area contributed by atoms with E-state index in [1.165, 1.54) is 28.7 Å². The zero-order chi connectivity index (χ0) is 13.8. The first-order valence-corrected chi connectivity index (χ1v) is 7.64. The number of rotatable bonds is 5. The van der Waals surface area contributed by atoms with Gasteiger partial charge in [-0.2, -0.15) is 5.48 Å². The van der Waals surface area contributed by atoms with Crippen LogP contribution in [0.4, 0.5) is 5.00 Å². The predicted octanol–water partition coefficient (Wildman–Crippen LogP) is 2.12. The summed E-state index contributed by atoms with van der Waals surface area (Å²) in [6, 6.07) is 10.3. The zero-order valence-corrected chi connectivity index (χ0v) is 12.1. The van der Waals surface area contributed by atoms with Gasteiger partial charge in [-0.25, -0.2) is 15.2 Å². The van der Waals surface area contributed by atoms with Gasteiger partial charge in [-0.15, -0.1) is 0 Å². The minimum Gasteiger partial charge on any atom is -0.321 e. The Morgan fingerprint density at radius 1 is 1.25 bits per heavy atom. The van der Waals surface area contributed by atoms with Gasteiger partial charge in [-0.1, -0.05) is 30.3 Å². The van der Waals surface area contributed by atoms with Crippen molar-refractivity contribution in [1.82, 2.24) is 14.5 Å². The lowest BCUT2D eigenvalue weighted by atomic mass is 10.2. The van der Waals surface area contributed by atoms with Gasteiger partial charge in [0.2, 0.25) is 5.00 Å². The monoisotopic (exact) mass is 305 g/mol. The lowest BCUT2D eigenvalue weighted by molar-refractivity contribution is -0.823. The van der Waals surface area contributed by atoms with Gasteiger partial charge in [0.1, 0.15) is 6.20 Å². The fourth-order valence-electron chi connectivity index (χ4n) is 1.76. The van der Waals surface area contributed by atoms with Gasteiger partial charge in [-0.3, -0.25) is 0 Å². The Bertz CT molecular complexity index is 681. The first-order chi connectivity index (χ1) is 9.85. The third kappa shape index (κ3) is 3.07. The highest BCUT2D eigenvalue weighted by molar-refractivity contribution is 8.00. The molecule has 7 heteroatoms. The van der Waals surface area contributed by atoms with Crippen LogP contribution in [0, 0.1) is 0 Å². The molecule has 0 bridgehead atoms. The van der Waals surface area contributed by atoms with Crippen molar-refractivity contribution in [2.75, 3.05) is 0 Å². The van der Waals surface area contributed by atoms with E-state index in [2.05, 4.69) is 26.7 Å². The molecule has 0 amide bonds. The number of hydrogen-bond donors (Lipinski definition) is 2. The van der Waals surface area contributed by atoms with Crippen molar-refractivity contribution in [3.05, 3.63) is 54.5 Å². The highest BCUT2D eigenvalue weighted by atomic mass is 32.2. The fraction of sp³-hybridized carbons (Fsp3) is 0.0769. The highest BCUT2D eigenvalue weighted by Crippen LogP contribution is 2.30. The molecule has 20 heavy (non-hydrogen) atoms. The summed E-state index contributed by atoms with van der Waals surface area (Å²) in [5.41, 5.74) is 2.30. The van der Waals surface area contributed by atoms with Gasteiger partial charge in [0.05, 0.1) is 0 Å². The Kier molecular flexibility index (Phi) is 4.12. The van der Waals surface area contributed by atoms with Crippen LogP contribution in [0.25, 0.3) is 0 Å². The topological polar surface area (TPSA) is 67.6 Å². The normalized spacial score (nSPS) is 10.8. The van der Waals surface area contributed by atoms with Gasteiger partial charge in [0.25, 0.3) is 0 Å². The van der Waals surface area contributed by atoms with Crippen LogP contribution in [0.3, 0.4) is 0 Å². The van der Waals surface area contributed by atoms with Gasteiger partial charge < -0.3 is 4.57 Å². The molecule has 0 atom stereocenters. The van der Waals surface area contributed by atoms with Gasteiger partial charge >= 0.3 is 0 Å². The Hall–Kier alpha value is -1.67. The van der Waals surface area contributed by atoms with E-state index in [9.17, 15) is 0 Å². The van der Waals surface area contributed by atoms with Crippen molar-refractivity contribution in [3.63, 3.8) is 0 Å². The third-order valence-corrected chi connectivity index (χ3v) is 4.71. The average Bonchev–Trinajstić information content (AvgIpc) is 3.10. The second kappa shape index (κ2) is 6.19. The van der Waals surface area contributed by atoms with Crippen molar-refractivity contribution in [3.8, 4) is 0 Å². The number of hydrogen-bond acceptors (Lipinski definition) is 5. The maximum atomic E-state index is 8.94. The lowest BCUT2D eigenvalue weighted by Crippen LogP contribution is -2.73. The molecule has 0 spiro atoms. The van der Waals surface area contributed by atoms with E-state index in [1.807, 2.05) is 24.4 Å². The quantitative estimate of drug-likeness (QED) is 0.709. The molecule has 0 saturated carbocycles. The number of thiazole rings is 1. The molecule has 0 aliphatic carbocycles. The summed E-state index contributed by atoms with van der Waals surface area (Å²) in [5, 5.41) is 10.6. The third-order valence-electron chi connectivity index (χ3n) is 2.68. The van der Waals surface area contributed by atoms with Gasteiger partial charge in [0, 0.05) is 18.9 Å². The maximum absolute atomic E-state index is 8.94. The Morgan fingerprint density at radius 2 is 2.10 bits per heavy atom. The van der Waals surface area contributed by atoms with Crippen LogP contribution in [0.2, 0.25) is 0 Å². The van der Waals surface area contributed by atoms with E-state index in [-0.39, 0.29) is 0 Å².